The molecule has 0 saturated carbocycles. The van der Waals surface area contributed by atoms with Crippen LogP contribution in [0.5, 0.6) is 0 Å². The van der Waals surface area contributed by atoms with Crippen LogP contribution in [0.25, 0.3) is 10.9 Å². The lowest BCUT2D eigenvalue weighted by Crippen LogP contribution is -2.35. The summed E-state index contributed by atoms with van der Waals surface area (Å²) in [4.78, 5) is 16.5. The molecule has 3 rings (SSSR count). The summed E-state index contributed by atoms with van der Waals surface area (Å²) in [5.41, 5.74) is 2.90. The van der Waals surface area contributed by atoms with Crippen molar-refractivity contribution in [2.24, 2.45) is 0 Å². The summed E-state index contributed by atoms with van der Waals surface area (Å²) in [6.07, 6.45) is 3.75. The molecule has 98 valence electrons. The van der Waals surface area contributed by atoms with Crippen LogP contribution in [0, 0.1) is 6.92 Å². The molecule has 4 nitrogen and oxygen atoms in total. The van der Waals surface area contributed by atoms with Gasteiger partial charge in [0.2, 0.25) is 5.91 Å². The van der Waals surface area contributed by atoms with Crippen molar-refractivity contribution in [2.45, 2.75) is 25.8 Å². The van der Waals surface area contributed by atoms with E-state index in [4.69, 9.17) is 0 Å². The molecule has 0 aliphatic carbocycles. The number of benzene rings is 1. The molecule has 1 fully saturated rings. The fraction of sp³-hybridized carbons (Fsp3) is 0.333. The molecule has 2 N–H and O–H groups in total. The third-order valence-electron chi connectivity index (χ3n) is 3.61. The Morgan fingerprint density at radius 2 is 2.32 bits per heavy atom. The Morgan fingerprint density at radius 3 is 3.11 bits per heavy atom. The summed E-state index contributed by atoms with van der Waals surface area (Å²) in [6.45, 7) is 2.95. The van der Waals surface area contributed by atoms with Gasteiger partial charge in [-0.25, -0.2) is 0 Å². The summed E-state index contributed by atoms with van der Waals surface area (Å²) < 4.78 is 0. The summed E-state index contributed by atoms with van der Waals surface area (Å²) in [7, 11) is 0. The first kappa shape index (κ1) is 12.1. The number of carbonyl (C=O) groups excluding carboxylic acids is 1. The van der Waals surface area contributed by atoms with Crippen molar-refractivity contribution in [1.29, 1.82) is 0 Å². The number of hydrogen-bond acceptors (Lipinski definition) is 3. The predicted molar refractivity (Wildman–Crippen MR) is 76.1 cm³/mol. The molecular weight excluding hydrogens is 238 g/mol. The summed E-state index contributed by atoms with van der Waals surface area (Å²) in [5.74, 6) is 0.0477. The Hall–Kier alpha value is -1.94. The van der Waals surface area contributed by atoms with Crippen LogP contribution >= 0.6 is 0 Å². The van der Waals surface area contributed by atoms with E-state index in [1.807, 2.05) is 31.2 Å². The number of aryl methyl sites for hydroxylation is 1. The number of pyridine rings is 1. The second-order valence-corrected chi connectivity index (χ2v) is 4.97. The molecule has 1 amide bonds. The fourth-order valence-corrected chi connectivity index (χ4v) is 2.55. The Balaban J connectivity index is 1.92. The van der Waals surface area contributed by atoms with Crippen molar-refractivity contribution in [2.75, 3.05) is 11.9 Å². The molecule has 2 heterocycles. The van der Waals surface area contributed by atoms with Gasteiger partial charge >= 0.3 is 0 Å². The van der Waals surface area contributed by atoms with E-state index >= 15 is 0 Å². The highest BCUT2D eigenvalue weighted by Crippen LogP contribution is 2.25. The first-order valence-electron chi connectivity index (χ1n) is 6.64. The van der Waals surface area contributed by atoms with E-state index in [0.29, 0.717) is 0 Å². The molecule has 0 radical (unpaired) electrons. The third-order valence-corrected chi connectivity index (χ3v) is 3.61. The van der Waals surface area contributed by atoms with Gasteiger partial charge in [-0.3, -0.25) is 9.78 Å². The van der Waals surface area contributed by atoms with Crippen molar-refractivity contribution >= 4 is 22.5 Å². The monoisotopic (exact) mass is 255 g/mol. The van der Waals surface area contributed by atoms with Crippen molar-refractivity contribution in [3.05, 3.63) is 36.0 Å². The highest BCUT2D eigenvalue weighted by Gasteiger charge is 2.22. The zero-order chi connectivity index (χ0) is 13.2. The molecule has 1 aliphatic heterocycles. The lowest BCUT2D eigenvalue weighted by molar-refractivity contribution is -0.117. The highest BCUT2D eigenvalue weighted by atomic mass is 16.2. The lowest BCUT2D eigenvalue weighted by atomic mass is 10.1. The van der Waals surface area contributed by atoms with Crippen LogP contribution in [-0.4, -0.2) is 23.5 Å². The first-order chi connectivity index (χ1) is 9.25. The Morgan fingerprint density at radius 1 is 1.42 bits per heavy atom. The molecule has 1 aromatic heterocycles. The van der Waals surface area contributed by atoms with Gasteiger partial charge in [-0.2, -0.15) is 0 Å². The molecule has 1 atom stereocenters. The number of aromatic nitrogens is 1. The maximum Gasteiger partial charge on any atom is 0.241 e. The minimum atomic E-state index is -0.0620. The Bertz CT molecular complexity index is 618. The largest absolute Gasteiger partial charge is 0.324 e. The van der Waals surface area contributed by atoms with E-state index in [9.17, 15) is 4.79 Å². The third kappa shape index (κ3) is 2.31. The highest BCUT2D eigenvalue weighted by molar-refractivity contribution is 6.03. The zero-order valence-corrected chi connectivity index (χ0v) is 10.9. The van der Waals surface area contributed by atoms with E-state index in [0.717, 1.165) is 41.5 Å². The van der Waals surface area contributed by atoms with Crippen molar-refractivity contribution in [1.82, 2.24) is 10.3 Å². The minimum absolute atomic E-state index is 0.0477. The number of fused-ring (bicyclic) bond motifs is 1. The van der Waals surface area contributed by atoms with Crippen molar-refractivity contribution in [3.8, 4) is 0 Å². The van der Waals surface area contributed by atoms with Crippen LogP contribution in [0.1, 0.15) is 18.4 Å². The van der Waals surface area contributed by atoms with Gasteiger partial charge < -0.3 is 10.6 Å². The SMILES string of the molecule is Cc1ccc(NC(=O)[C@H]2CCCN2)c2cccnc12. The van der Waals surface area contributed by atoms with Gasteiger partial charge in [0.15, 0.2) is 0 Å². The lowest BCUT2D eigenvalue weighted by Gasteiger charge is -2.13. The van der Waals surface area contributed by atoms with Crippen molar-refractivity contribution < 1.29 is 4.79 Å². The first-order valence-corrected chi connectivity index (χ1v) is 6.64. The molecule has 1 saturated heterocycles. The van der Waals surface area contributed by atoms with Gasteiger partial charge in [0, 0.05) is 11.6 Å². The Kier molecular flexibility index (Phi) is 3.17. The van der Waals surface area contributed by atoms with Gasteiger partial charge in [0.1, 0.15) is 0 Å². The van der Waals surface area contributed by atoms with Crippen LogP contribution in [-0.2, 0) is 4.79 Å². The van der Waals surface area contributed by atoms with Gasteiger partial charge in [-0.1, -0.05) is 6.07 Å². The number of nitrogens with one attached hydrogen (secondary N) is 2. The maximum absolute atomic E-state index is 12.1. The van der Waals surface area contributed by atoms with E-state index in [1.54, 1.807) is 6.20 Å². The minimum Gasteiger partial charge on any atom is -0.324 e. The molecule has 1 aliphatic rings. The molecule has 0 unspecified atom stereocenters. The molecule has 0 bridgehead atoms. The predicted octanol–water partition coefficient (Wildman–Crippen LogP) is 2.23. The maximum atomic E-state index is 12.1. The fourth-order valence-electron chi connectivity index (χ4n) is 2.55. The van der Waals surface area contributed by atoms with E-state index in [-0.39, 0.29) is 11.9 Å². The smallest absolute Gasteiger partial charge is 0.241 e. The number of anilines is 1. The molecular formula is C15H17N3O. The second kappa shape index (κ2) is 4.97. The number of rotatable bonds is 2. The molecule has 2 aromatic rings. The number of carbonyl (C=O) groups is 1. The topological polar surface area (TPSA) is 54.0 Å². The van der Waals surface area contributed by atoms with Crippen LogP contribution in [0.2, 0.25) is 0 Å². The standard InChI is InChI=1S/C15H17N3O/c1-10-6-7-12(11-4-2-9-17-14(10)11)18-15(19)13-5-3-8-16-13/h2,4,6-7,9,13,16H,3,5,8H2,1H3,(H,18,19)/t13-/m1/s1. The number of amides is 1. The number of hydrogen-bond donors (Lipinski definition) is 2. The average Bonchev–Trinajstić information content (AvgIpc) is 2.96. The number of nitrogens with zero attached hydrogens (tertiary/aromatic N) is 1. The molecule has 19 heavy (non-hydrogen) atoms. The summed E-state index contributed by atoms with van der Waals surface area (Å²) in [5, 5.41) is 7.22. The van der Waals surface area contributed by atoms with E-state index in [2.05, 4.69) is 15.6 Å². The quantitative estimate of drug-likeness (QED) is 0.865. The van der Waals surface area contributed by atoms with Crippen LogP contribution in [0.15, 0.2) is 30.5 Å². The van der Waals surface area contributed by atoms with Gasteiger partial charge in [0.25, 0.3) is 0 Å². The van der Waals surface area contributed by atoms with Gasteiger partial charge in [-0.05, 0) is 50.1 Å². The Labute approximate surface area is 112 Å². The molecule has 1 aromatic carbocycles. The normalized spacial score (nSPS) is 18.7. The van der Waals surface area contributed by atoms with Crippen LogP contribution < -0.4 is 10.6 Å². The summed E-state index contributed by atoms with van der Waals surface area (Å²) >= 11 is 0. The van der Waals surface area contributed by atoms with Crippen molar-refractivity contribution in [3.63, 3.8) is 0 Å². The van der Waals surface area contributed by atoms with Crippen LogP contribution in [0.3, 0.4) is 0 Å². The zero-order valence-electron chi connectivity index (χ0n) is 10.9. The average molecular weight is 255 g/mol. The van der Waals surface area contributed by atoms with E-state index < -0.39 is 0 Å². The van der Waals surface area contributed by atoms with E-state index in [1.165, 1.54) is 0 Å². The molecule has 4 heteroatoms. The second-order valence-electron chi connectivity index (χ2n) is 4.97. The molecule has 0 spiro atoms. The van der Waals surface area contributed by atoms with Crippen LogP contribution in [0.4, 0.5) is 5.69 Å². The van der Waals surface area contributed by atoms with Gasteiger partial charge in [-0.15, -0.1) is 0 Å². The van der Waals surface area contributed by atoms with Gasteiger partial charge in [0.05, 0.1) is 17.2 Å². The summed E-state index contributed by atoms with van der Waals surface area (Å²) in [6, 6.07) is 7.77.